The lowest BCUT2D eigenvalue weighted by Crippen LogP contribution is -1.96. The lowest BCUT2D eigenvalue weighted by molar-refractivity contribution is 0.530. The van der Waals surface area contributed by atoms with E-state index in [1.54, 1.807) is 6.20 Å². The van der Waals surface area contributed by atoms with Gasteiger partial charge in [0.15, 0.2) is 5.76 Å². The molecule has 0 amide bonds. The molecule has 0 bridgehead atoms. The van der Waals surface area contributed by atoms with Crippen LogP contribution >= 0.6 is 22.9 Å². The zero-order valence-electron chi connectivity index (χ0n) is 8.83. The first-order valence-electron chi connectivity index (χ1n) is 5.49. The molecule has 0 fully saturated rings. The second-order valence-electron chi connectivity index (χ2n) is 4.02. The van der Waals surface area contributed by atoms with E-state index in [0.717, 1.165) is 5.76 Å². The van der Waals surface area contributed by atoms with E-state index >= 15 is 0 Å². The number of hydrogen-bond donors (Lipinski definition) is 0. The van der Waals surface area contributed by atoms with E-state index in [-0.39, 0.29) is 0 Å². The van der Waals surface area contributed by atoms with Crippen molar-refractivity contribution in [1.82, 2.24) is 4.98 Å². The predicted molar refractivity (Wildman–Crippen MR) is 66.0 cm³/mol. The van der Waals surface area contributed by atoms with Gasteiger partial charge in [0.2, 0.25) is 5.89 Å². The molecule has 16 heavy (non-hydrogen) atoms. The summed E-state index contributed by atoms with van der Waals surface area (Å²) >= 11 is 7.51. The zero-order chi connectivity index (χ0) is 11.0. The normalized spacial score (nSPS) is 15.1. The number of aromatic nitrogens is 1. The molecule has 2 aromatic rings. The van der Waals surface area contributed by atoms with Crippen molar-refractivity contribution < 1.29 is 4.42 Å². The molecule has 2 aromatic heterocycles. The molecule has 1 aliphatic carbocycles. The number of rotatable bonds is 2. The van der Waals surface area contributed by atoms with Crippen molar-refractivity contribution in [1.29, 1.82) is 0 Å². The first kappa shape index (κ1) is 10.4. The van der Waals surface area contributed by atoms with Gasteiger partial charge in [0.1, 0.15) is 0 Å². The van der Waals surface area contributed by atoms with E-state index < -0.39 is 0 Å². The Morgan fingerprint density at radius 2 is 2.25 bits per heavy atom. The third-order valence-corrected chi connectivity index (χ3v) is 4.39. The maximum absolute atomic E-state index is 5.68. The molecule has 0 aliphatic heterocycles. The summed E-state index contributed by atoms with van der Waals surface area (Å²) in [5.74, 6) is 1.79. The number of alkyl halides is 1. The number of nitrogens with zero attached hydrogens (tertiary/aromatic N) is 1. The molecule has 2 heterocycles. The fraction of sp³-hybridized carbons (Fsp3) is 0.417. The van der Waals surface area contributed by atoms with Crippen LogP contribution in [-0.2, 0) is 18.7 Å². The molecule has 0 saturated heterocycles. The quantitative estimate of drug-likeness (QED) is 0.756. The molecule has 0 aromatic carbocycles. The lowest BCUT2D eigenvalue weighted by atomic mass is 9.99. The van der Waals surface area contributed by atoms with Gasteiger partial charge < -0.3 is 4.42 Å². The number of hydrogen-bond acceptors (Lipinski definition) is 3. The van der Waals surface area contributed by atoms with Gasteiger partial charge in [0.05, 0.1) is 17.0 Å². The highest BCUT2D eigenvalue weighted by atomic mass is 35.5. The predicted octanol–water partition coefficient (Wildman–Crippen LogP) is 4.02. The third-order valence-electron chi connectivity index (χ3n) is 2.91. The monoisotopic (exact) mass is 253 g/mol. The van der Waals surface area contributed by atoms with Crippen LogP contribution in [0, 0.1) is 0 Å². The fourth-order valence-corrected chi connectivity index (χ4v) is 3.42. The van der Waals surface area contributed by atoms with Gasteiger partial charge in [0, 0.05) is 4.88 Å². The van der Waals surface area contributed by atoms with Crippen molar-refractivity contribution in [3.8, 4) is 10.6 Å². The van der Waals surface area contributed by atoms with Gasteiger partial charge in [-0.2, -0.15) is 0 Å². The van der Waals surface area contributed by atoms with Crippen LogP contribution in [0.2, 0.25) is 0 Å². The van der Waals surface area contributed by atoms with Crippen LogP contribution in [0.5, 0.6) is 0 Å². The number of halogens is 1. The Morgan fingerprint density at radius 1 is 1.38 bits per heavy atom. The summed E-state index contributed by atoms with van der Waals surface area (Å²) in [6, 6.07) is 2.25. The van der Waals surface area contributed by atoms with Crippen LogP contribution in [0.25, 0.3) is 10.6 Å². The number of oxazole rings is 1. The van der Waals surface area contributed by atoms with E-state index in [2.05, 4.69) is 11.1 Å². The van der Waals surface area contributed by atoms with Crippen molar-refractivity contribution in [2.45, 2.75) is 31.6 Å². The first-order valence-corrected chi connectivity index (χ1v) is 6.84. The second kappa shape index (κ2) is 4.22. The van der Waals surface area contributed by atoms with Crippen molar-refractivity contribution in [3.63, 3.8) is 0 Å². The summed E-state index contributed by atoms with van der Waals surface area (Å²) < 4.78 is 5.56. The molecule has 3 rings (SSSR count). The van der Waals surface area contributed by atoms with Gasteiger partial charge in [-0.25, -0.2) is 4.98 Å². The molecule has 2 nitrogen and oxygen atoms in total. The lowest BCUT2D eigenvalue weighted by Gasteiger charge is -2.08. The minimum Gasteiger partial charge on any atom is -0.439 e. The maximum Gasteiger partial charge on any atom is 0.209 e. The highest BCUT2D eigenvalue weighted by molar-refractivity contribution is 7.15. The molecule has 84 valence electrons. The van der Waals surface area contributed by atoms with Crippen LogP contribution in [-0.4, -0.2) is 4.98 Å². The largest absolute Gasteiger partial charge is 0.439 e. The smallest absolute Gasteiger partial charge is 0.209 e. The first-order chi connectivity index (χ1) is 7.86. The summed E-state index contributed by atoms with van der Waals surface area (Å²) in [5, 5.41) is 0. The van der Waals surface area contributed by atoms with Crippen molar-refractivity contribution in [2.24, 2.45) is 0 Å². The third kappa shape index (κ3) is 1.78. The van der Waals surface area contributed by atoms with E-state index in [9.17, 15) is 0 Å². The number of aryl methyl sites for hydroxylation is 2. The molecule has 1 aliphatic rings. The Kier molecular flexibility index (Phi) is 2.74. The van der Waals surface area contributed by atoms with E-state index in [1.807, 2.05) is 11.3 Å². The summed E-state index contributed by atoms with van der Waals surface area (Å²) in [4.78, 5) is 6.83. The maximum atomic E-state index is 5.68. The van der Waals surface area contributed by atoms with Crippen LogP contribution in [0.4, 0.5) is 0 Å². The van der Waals surface area contributed by atoms with Crippen LogP contribution < -0.4 is 0 Å². The van der Waals surface area contributed by atoms with Gasteiger partial charge in [-0.1, -0.05) is 0 Å². The SMILES string of the molecule is ClCc1ncc(-c2cc3c(s2)CCCC3)o1. The van der Waals surface area contributed by atoms with Gasteiger partial charge in [0.25, 0.3) is 0 Å². The topological polar surface area (TPSA) is 26.0 Å². The number of thiophene rings is 1. The van der Waals surface area contributed by atoms with Crippen LogP contribution in [0.15, 0.2) is 16.7 Å². The minimum atomic E-state index is 0.338. The Balaban J connectivity index is 1.96. The fourth-order valence-electron chi connectivity index (χ4n) is 2.10. The molecule has 0 radical (unpaired) electrons. The average Bonchev–Trinajstić information content (AvgIpc) is 2.95. The summed E-state index contributed by atoms with van der Waals surface area (Å²) in [5.41, 5.74) is 1.50. The Morgan fingerprint density at radius 3 is 3.00 bits per heavy atom. The molecule has 0 N–H and O–H groups in total. The molecule has 0 saturated carbocycles. The van der Waals surface area contributed by atoms with Crippen LogP contribution in [0.1, 0.15) is 29.2 Å². The summed E-state index contributed by atoms with van der Waals surface area (Å²) in [6.45, 7) is 0. The van der Waals surface area contributed by atoms with E-state index in [1.165, 1.54) is 41.0 Å². The molecule has 0 atom stereocenters. The summed E-state index contributed by atoms with van der Waals surface area (Å²) in [7, 11) is 0. The van der Waals surface area contributed by atoms with E-state index in [4.69, 9.17) is 16.0 Å². The summed E-state index contributed by atoms with van der Waals surface area (Å²) in [6.07, 6.45) is 6.83. The van der Waals surface area contributed by atoms with Crippen LogP contribution in [0.3, 0.4) is 0 Å². The molecule has 0 spiro atoms. The van der Waals surface area contributed by atoms with Gasteiger partial charge in [-0.15, -0.1) is 22.9 Å². The molecule has 4 heteroatoms. The van der Waals surface area contributed by atoms with Gasteiger partial charge in [-0.05, 0) is 37.3 Å². The Hall–Kier alpha value is -0.800. The van der Waals surface area contributed by atoms with Gasteiger partial charge in [-0.3, -0.25) is 0 Å². The Labute approximate surface area is 103 Å². The molecular formula is C12H12ClNOS. The number of fused-ring (bicyclic) bond motifs is 1. The average molecular weight is 254 g/mol. The van der Waals surface area contributed by atoms with Crippen molar-refractivity contribution >= 4 is 22.9 Å². The second-order valence-corrected chi connectivity index (χ2v) is 5.42. The molecule has 0 unspecified atom stereocenters. The Bertz CT molecular complexity index is 479. The standard InChI is InChI=1S/C12H12ClNOS/c13-6-12-14-7-9(15-12)11-5-8-3-1-2-4-10(8)16-11/h5,7H,1-4,6H2. The van der Waals surface area contributed by atoms with Crippen molar-refractivity contribution in [3.05, 3.63) is 28.6 Å². The minimum absolute atomic E-state index is 0.338. The van der Waals surface area contributed by atoms with E-state index in [0.29, 0.717) is 11.8 Å². The zero-order valence-corrected chi connectivity index (χ0v) is 10.4. The molecular weight excluding hydrogens is 242 g/mol. The van der Waals surface area contributed by atoms with Gasteiger partial charge >= 0.3 is 0 Å². The highest BCUT2D eigenvalue weighted by Crippen LogP contribution is 2.35. The highest BCUT2D eigenvalue weighted by Gasteiger charge is 2.16. The van der Waals surface area contributed by atoms with Crippen molar-refractivity contribution in [2.75, 3.05) is 0 Å².